The molecule has 1 fully saturated rings. The number of amides is 1. The number of phenols is 2. The molecule has 0 aliphatic carbocycles. The molecule has 1 saturated heterocycles. The molecule has 5 heteroatoms. The topological polar surface area (TPSA) is 64.0 Å². The van der Waals surface area contributed by atoms with Gasteiger partial charge in [0.1, 0.15) is 0 Å². The maximum Gasteiger partial charge on any atom is 0.240 e. The maximum absolute atomic E-state index is 13.3. The van der Waals surface area contributed by atoms with Crippen molar-refractivity contribution in [2.45, 2.75) is 44.8 Å². The lowest BCUT2D eigenvalue weighted by Crippen LogP contribution is -2.52. The van der Waals surface area contributed by atoms with E-state index in [1.807, 2.05) is 17.0 Å². The SMILES string of the molecule is O=C(C1Cc2ccccc2CN1Cc1ccc(O)c(O)c1)N1CCCCC1. The first-order valence-electron chi connectivity index (χ1n) is 9.72. The van der Waals surface area contributed by atoms with Gasteiger partial charge in [0.2, 0.25) is 5.91 Å². The third-order valence-electron chi connectivity index (χ3n) is 5.72. The van der Waals surface area contributed by atoms with Gasteiger partial charge in [0.25, 0.3) is 0 Å². The van der Waals surface area contributed by atoms with Crippen molar-refractivity contribution in [2.75, 3.05) is 13.1 Å². The van der Waals surface area contributed by atoms with Crippen molar-refractivity contribution in [1.82, 2.24) is 9.80 Å². The van der Waals surface area contributed by atoms with Gasteiger partial charge in [-0.25, -0.2) is 0 Å². The van der Waals surface area contributed by atoms with E-state index in [0.717, 1.165) is 37.9 Å². The van der Waals surface area contributed by atoms with Crippen LogP contribution in [0.15, 0.2) is 42.5 Å². The summed E-state index contributed by atoms with van der Waals surface area (Å²) in [6.45, 7) is 2.98. The molecule has 4 rings (SSSR count). The average molecular weight is 366 g/mol. The summed E-state index contributed by atoms with van der Waals surface area (Å²) in [5.41, 5.74) is 3.39. The number of hydrogen-bond acceptors (Lipinski definition) is 4. The molecule has 1 atom stereocenters. The van der Waals surface area contributed by atoms with Crippen LogP contribution in [-0.4, -0.2) is 45.1 Å². The van der Waals surface area contributed by atoms with Crippen LogP contribution in [0.5, 0.6) is 11.5 Å². The summed E-state index contributed by atoms with van der Waals surface area (Å²) < 4.78 is 0. The number of likely N-dealkylation sites (tertiary alicyclic amines) is 1. The molecule has 0 radical (unpaired) electrons. The minimum Gasteiger partial charge on any atom is -0.504 e. The molecule has 2 heterocycles. The van der Waals surface area contributed by atoms with E-state index < -0.39 is 0 Å². The molecule has 0 spiro atoms. The van der Waals surface area contributed by atoms with Gasteiger partial charge in [-0.3, -0.25) is 9.69 Å². The van der Waals surface area contributed by atoms with Crippen molar-refractivity contribution in [3.8, 4) is 11.5 Å². The van der Waals surface area contributed by atoms with Crippen LogP contribution in [0.3, 0.4) is 0 Å². The van der Waals surface area contributed by atoms with E-state index in [1.54, 1.807) is 12.1 Å². The van der Waals surface area contributed by atoms with Crippen molar-refractivity contribution in [1.29, 1.82) is 0 Å². The first kappa shape index (κ1) is 17.9. The molecular formula is C22H26N2O3. The second-order valence-corrected chi connectivity index (χ2v) is 7.60. The number of nitrogens with zero attached hydrogens (tertiary/aromatic N) is 2. The third-order valence-corrected chi connectivity index (χ3v) is 5.72. The van der Waals surface area contributed by atoms with Gasteiger partial charge in [-0.05, 0) is 54.5 Å². The van der Waals surface area contributed by atoms with Gasteiger partial charge >= 0.3 is 0 Å². The lowest BCUT2D eigenvalue weighted by Gasteiger charge is -2.39. The molecule has 2 aromatic carbocycles. The maximum atomic E-state index is 13.3. The number of rotatable bonds is 3. The highest BCUT2D eigenvalue weighted by molar-refractivity contribution is 5.82. The van der Waals surface area contributed by atoms with Crippen molar-refractivity contribution >= 4 is 5.91 Å². The lowest BCUT2D eigenvalue weighted by molar-refractivity contribution is -0.138. The highest BCUT2D eigenvalue weighted by Crippen LogP contribution is 2.30. The number of phenolic OH excluding ortho intramolecular Hbond substituents is 2. The van der Waals surface area contributed by atoms with Crippen LogP contribution in [0.1, 0.15) is 36.0 Å². The molecule has 27 heavy (non-hydrogen) atoms. The molecular weight excluding hydrogens is 340 g/mol. The largest absolute Gasteiger partial charge is 0.504 e. The standard InChI is InChI=1S/C22H26N2O3/c25-20-9-8-16(12-21(20)26)14-24-15-18-7-3-2-6-17(18)13-19(24)22(27)23-10-4-1-5-11-23/h2-3,6-9,12,19,25-26H,1,4-5,10-11,13-15H2. The molecule has 2 aromatic rings. The highest BCUT2D eigenvalue weighted by Gasteiger charge is 2.34. The van der Waals surface area contributed by atoms with Gasteiger partial charge in [-0.1, -0.05) is 30.3 Å². The van der Waals surface area contributed by atoms with Crippen molar-refractivity contribution in [3.63, 3.8) is 0 Å². The van der Waals surface area contributed by atoms with Crippen molar-refractivity contribution < 1.29 is 15.0 Å². The molecule has 2 aliphatic heterocycles. The van der Waals surface area contributed by atoms with E-state index in [1.165, 1.54) is 23.6 Å². The monoisotopic (exact) mass is 366 g/mol. The Hall–Kier alpha value is -2.53. The van der Waals surface area contributed by atoms with Crippen LogP contribution < -0.4 is 0 Å². The van der Waals surface area contributed by atoms with Crippen molar-refractivity contribution in [2.24, 2.45) is 0 Å². The first-order chi connectivity index (χ1) is 13.1. The molecule has 1 amide bonds. The van der Waals surface area contributed by atoms with Gasteiger partial charge in [0.05, 0.1) is 6.04 Å². The number of carbonyl (C=O) groups excluding carboxylic acids is 1. The second kappa shape index (κ2) is 7.61. The average Bonchev–Trinajstić information content (AvgIpc) is 2.70. The molecule has 2 N–H and O–H groups in total. The summed E-state index contributed by atoms with van der Waals surface area (Å²) in [5, 5.41) is 19.4. The first-order valence-corrected chi connectivity index (χ1v) is 9.72. The lowest BCUT2D eigenvalue weighted by atomic mass is 9.92. The number of fused-ring (bicyclic) bond motifs is 1. The zero-order valence-electron chi connectivity index (χ0n) is 15.5. The number of piperidine rings is 1. The zero-order chi connectivity index (χ0) is 18.8. The number of carbonyl (C=O) groups is 1. The highest BCUT2D eigenvalue weighted by atomic mass is 16.3. The predicted molar refractivity (Wildman–Crippen MR) is 103 cm³/mol. The van der Waals surface area contributed by atoms with Gasteiger partial charge in [0, 0.05) is 26.2 Å². The minimum atomic E-state index is -0.186. The summed E-state index contributed by atoms with van der Waals surface area (Å²) in [7, 11) is 0. The van der Waals surface area contributed by atoms with Gasteiger partial charge in [-0.2, -0.15) is 0 Å². The summed E-state index contributed by atoms with van der Waals surface area (Å²) in [5.74, 6) is -0.0281. The second-order valence-electron chi connectivity index (χ2n) is 7.60. The summed E-state index contributed by atoms with van der Waals surface area (Å²) in [6.07, 6.45) is 4.09. The van der Waals surface area contributed by atoms with E-state index in [9.17, 15) is 15.0 Å². The Balaban J connectivity index is 1.60. The summed E-state index contributed by atoms with van der Waals surface area (Å²) in [4.78, 5) is 17.5. The number of hydrogen-bond donors (Lipinski definition) is 2. The van der Waals surface area contributed by atoms with E-state index >= 15 is 0 Å². The Labute approximate surface area is 159 Å². The van der Waals surface area contributed by atoms with Crippen molar-refractivity contribution in [3.05, 3.63) is 59.2 Å². The van der Waals surface area contributed by atoms with Gasteiger partial charge in [-0.15, -0.1) is 0 Å². The van der Waals surface area contributed by atoms with Crippen LogP contribution in [0.25, 0.3) is 0 Å². The molecule has 0 saturated carbocycles. The van der Waals surface area contributed by atoms with Crippen LogP contribution >= 0.6 is 0 Å². The molecule has 2 aliphatic rings. The Morgan fingerprint density at radius 3 is 2.44 bits per heavy atom. The van der Waals surface area contributed by atoms with Crippen LogP contribution in [-0.2, 0) is 24.3 Å². The van der Waals surface area contributed by atoms with Crippen LogP contribution in [0.4, 0.5) is 0 Å². The Bertz CT molecular complexity index is 830. The fraction of sp³-hybridized carbons (Fsp3) is 0.409. The Kier molecular flexibility index (Phi) is 5.03. The molecule has 5 nitrogen and oxygen atoms in total. The van der Waals surface area contributed by atoms with Gasteiger partial charge in [0.15, 0.2) is 11.5 Å². The van der Waals surface area contributed by atoms with Gasteiger partial charge < -0.3 is 15.1 Å². The molecule has 142 valence electrons. The van der Waals surface area contributed by atoms with E-state index in [4.69, 9.17) is 0 Å². The molecule has 0 bridgehead atoms. The Morgan fingerprint density at radius 1 is 0.963 bits per heavy atom. The summed E-state index contributed by atoms with van der Waals surface area (Å²) >= 11 is 0. The van der Waals surface area contributed by atoms with E-state index in [2.05, 4.69) is 17.0 Å². The number of aromatic hydroxyl groups is 2. The Morgan fingerprint density at radius 2 is 1.70 bits per heavy atom. The van der Waals surface area contributed by atoms with E-state index in [0.29, 0.717) is 13.1 Å². The smallest absolute Gasteiger partial charge is 0.240 e. The normalized spacial score (nSPS) is 20.3. The fourth-order valence-electron chi connectivity index (χ4n) is 4.21. The third kappa shape index (κ3) is 3.78. The van der Waals surface area contributed by atoms with Crippen LogP contribution in [0, 0.1) is 0 Å². The zero-order valence-corrected chi connectivity index (χ0v) is 15.5. The quantitative estimate of drug-likeness (QED) is 0.820. The predicted octanol–water partition coefficient (Wildman–Crippen LogP) is 3.04. The molecule has 1 unspecified atom stereocenters. The summed E-state index contributed by atoms with van der Waals surface area (Å²) in [6, 6.07) is 13.0. The minimum absolute atomic E-state index is 0.121. The van der Waals surface area contributed by atoms with E-state index in [-0.39, 0.29) is 23.4 Å². The number of benzene rings is 2. The van der Waals surface area contributed by atoms with Crippen LogP contribution in [0.2, 0.25) is 0 Å². The molecule has 0 aromatic heterocycles. The fourth-order valence-corrected chi connectivity index (χ4v) is 4.21.